The number of carbonyl (C=O) groups excluding carboxylic acids is 1. The van der Waals surface area contributed by atoms with E-state index in [1.54, 1.807) is 18.5 Å². The summed E-state index contributed by atoms with van der Waals surface area (Å²) in [6, 6.07) is 2.90. The molecule has 1 amide bonds. The normalized spacial score (nSPS) is 12.7. The van der Waals surface area contributed by atoms with Gasteiger partial charge in [-0.15, -0.1) is 0 Å². The van der Waals surface area contributed by atoms with Gasteiger partial charge < -0.3 is 0 Å². The van der Waals surface area contributed by atoms with E-state index >= 15 is 0 Å². The van der Waals surface area contributed by atoms with Crippen LogP contribution in [0.25, 0.3) is 0 Å². The lowest BCUT2D eigenvalue weighted by Gasteiger charge is -2.12. The van der Waals surface area contributed by atoms with Crippen LogP contribution in [0.5, 0.6) is 0 Å². The van der Waals surface area contributed by atoms with Crippen LogP contribution < -0.4 is 10.2 Å². The second kappa shape index (κ2) is 9.76. The summed E-state index contributed by atoms with van der Waals surface area (Å²) in [7, 11) is 0. The quantitative estimate of drug-likeness (QED) is 0.455. The van der Waals surface area contributed by atoms with E-state index in [0.29, 0.717) is 17.1 Å². The molecule has 1 aromatic carbocycles. The summed E-state index contributed by atoms with van der Waals surface area (Å²) in [4.78, 5) is 17.5. The Hall–Kier alpha value is -2.49. The maximum absolute atomic E-state index is 13.2. The van der Waals surface area contributed by atoms with Gasteiger partial charge in [0.15, 0.2) is 0 Å². The molecule has 31 heavy (non-hydrogen) atoms. The minimum atomic E-state index is -4.58. The summed E-state index contributed by atoms with van der Waals surface area (Å²) >= 11 is 1.27. The summed E-state index contributed by atoms with van der Waals surface area (Å²) in [5.74, 6) is -0.785. The molecule has 0 fully saturated rings. The molecule has 1 N–H and O–H groups in total. The first-order valence-electron chi connectivity index (χ1n) is 9.98. The second-order valence-corrected chi connectivity index (χ2v) is 9.32. The highest BCUT2D eigenvalue weighted by atomic mass is 32.1. The fraction of sp³-hybridized carbons (Fsp3) is 0.524. The number of carbonyl (C=O) groups is 1. The summed E-state index contributed by atoms with van der Waals surface area (Å²) in [6.07, 6.45) is -2.81. The van der Waals surface area contributed by atoms with Gasteiger partial charge in [0.2, 0.25) is 4.80 Å². The number of benzene rings is 1. The smallest absolute Gasteiger partial charge is 0.278 e. The van der Waals surface area contributed by atoms with Gasteiger partial charge in [-0.3, -0.25) is 10.2 Å². The number of aryl methyl sites for hydroxylation is 1. The van der Waals surface area contributed by atoms with Crippen molar-refractivity contribution in [2.24, 2.45) is 10.1 Å². The van der Waals surface area contributed by atoms with E-state index in [9.17, 15) is 18.0 Å². The zero-order chi connectivity index (χ0) is 23.4. The van der Waals surface area contributed by atoms with Crippen LogP contribution >= 0.6 is 11.3 Å². The number of unbranched alkanes of at least 4 members (excludes halogenated alkanes) is 1. The highest BCUT2D eigenvalue weighted by Gasteiger charge is 2.32. The van der Waals surface area contributed by atoms with Crippen LogP contribution in [0.3, 0.4) is 0 Å². The Morgan fingerprint density at radius 2 is 1.90 bits per heavy atom. The third-order valence-corrected chi connectivity index (χ3v) is 5.53. The first-order chi connectivity index (χ1) is 14.3. The lowest BCUT2D eigenvalue weighted by atomic mass is 9.98. The average Bonchev–Trinajstić information content (AvgIpc) is 3.06. The molecule has 0 aliphatic carbocycles. The van der Waals surface area contributed by atoms with E-state index in [-0.39, 0.29) is 16.7 Å². The van der Waals surface area contributed by atoms with Gasteiger partial charge in [-0.05, 0) is 38.5 Å². The van der Waals surface area contributed by atoms with E-state index in [4.69, 9.17) is 0 Å². The molecule has 1 aromatic heterocycles. The fourth-order valence-corrected chi connectivity index (χ4v) is 3.45. The number of hydrogen-bond acceptors (Lipinski definition) is 5. The van der Waals surface area contributed by atoms with Gasteiger partial charge in [0.25, 0.3) is 5.91 Å². The molecule has 0 saturated carbocycles. The van der Waals surface area contributed by atoms with Crippen molar-refractivity contribution < 1.29 is 18.0 Å². The lowest BCUT2D eigenvalue weighted by molar-refractivity contribution is -0.137. The molecule has 0 unspecified atom stereocenters. The molecule has 170 valence electrons. The van der Waals surface area contributed by atoms with Gasteiger partial charge in [-0.1, -0.05) is 45.5 Å². The van der Waals surface area contributed by atoms with Crippen LogP contribution in [0.15, 0.2) is 28.3 Å². The molecular weight excluding hydrogens is 427 g/mol. The minimum absolute atomic E-state index is 0.156. The summed E-state index contributed by atoms with van der Waals surface area (Å²) in [5.41, 5.74) is 2.10. The number of halogens is 3. The number of anilines is 1. The molecule has 10 heteroatoms. The SMILES string of the molecule is CCCCn1nc(C(C)(C)C)sc1=NC(=O)c1cc(C(F)(F)F)ccc1NN=C(C)C. The van der Waals surface area contributed by atoms with Crippen LogP contribution in [0, 0.1) is 0 Å². The monoisotopic (exact) mass is 455 g/mol. The molecule has 2 rings (SSSR count). The standard InChI is InChI=1S/C21H28F3N5OS/c1-7-8-11-29-19(31-18(28-29)20(4,5)6)25-17(30)15-12-14(21(22,23)24)9-10-16(15)27-26-13(2)3/h9-10,12,27H,7-8,11H2,1-6H3. The highest BCUT2D eigenvalue weighted by Crippen LogP contribution is 2.32. The van der Waals surface area contributed by atoms with E-state index < -0.39 is 17.6 Å². The Labute approximate surface area is 183 Å². The Morgan fingerprint density at radius 3 is 2.45 bits per heavy atom. The number of alkyl halides is 3. The molecule has 0 saturated heterocycles. The largest absolute Gasteiger partial charge is 0.416 e. The molecule has 0 aliphatic heterocycles. The maximum atomic E-state index is 13.2. The number of hydrazone groups is 1. The Kier molecular flexibility index (Phi) is 7.80. The van der Waals surface area contributed by atoms with Gasteiger partial charge in [0.1, 0.15) is 5.01 Å². The van der Waals surface area contributed by atoms with Gasteiger partial charge in [0, 0.05) is 17.7 Å². The number of rotatable bonds is 6. The third-order valence-electron chi connectivity index (χ3n) is 4.16. The minimum Gasteiger partial charge on any atom is -0.278 e. The van der Waals surface area contributed by atoms with Crippen LogP contribution in [-0.4, -0.2) is 21.4 Å². The first kappa shape index (κ1) is 24.8. The number of nitrogens with one attached hydrogen (secondary N) is 1. The van der Waals surface area contributed by atoms with Gasteiger partial charge in [-0.2, -0.15) is 28.4 Å². The van der Waals surface area contributed by atoms with Crippen LogP contribution in [-0.2, 0) is 18.1 Å². The highest BCUT2D eigenvalue weighted by molar-refractivity contribution is 7.09. The van der Waals surface area contributed by atoms with E-state index in [1.165, 1.54) is 17.4 Å². The Balaban J connectivity index is 2.60. The number of hydrogen-bond donors (Lipinski definition) is 1. The Morgan fingerprint density at radius 1 is 1.23 bits per heavy atom. The molecule has 6 nitrogen and oxygen atoms in total. The van der Waals surface area contributed by atoms with E-state index in [0.717, 1.165) is 30.0 Å². The van der Waals surface area contributed by atoms with Crippen LogP contribution in [0.1, 0.15) is 75.3 Å². The Bertz CT molecular complexity index is 1020. The zero-order valence-corrected chi connectivity index (χ0v) is 19.4. The zero-order valence-electron chi connectivity index (χ0n) is 18.6. The number of nitrogens with zero attached hydrogens (tertiary/aromatic N) is 4. The van der Waals surface area contributed by atoms with Crippen molar-refractivity contribution in [3.05, 3.63) is 39.1 Å². The van der Waals surface area contributed by atoms with E-state index in [1.807, 2.05) is 27.7 Å². The maximum Gasteiger partial charge on any atom is 0.416 e. The molecule has 0 radical (unpaired) electrons. The van der Waals surface area contributed by atoms with Crippen molar-refractivity contribution in [1.29, 1.82) is 0 Å². The van der Waals surface area contributed by atoms with Crippen molar-refractivity contribution >= 4 is 28.6 Å². The van der Waals surface area contributed by atoms with E-state index in [2.05, 4.69) is 20.6 Å². The topological polar surface area (TPSA) is 71.6 Å². The molecule has 0 bridgehead atoms. The fourth-order valence-electron chi connectivity index (χ4n) is 2.46. The molecule has 1 heterocycles. The van der Waals surface area contributed by atoms with Crippen LogP contribution in [0.4, 0.5) is 18.9 Å². The molecule has 2 aromatic rings. The van der Waals surface area contributed by atoms with Crippen molar-refractivity contribution in [2.75, 3.05) is 5.43 Å². The lowest BCUT2D eigenvalue weighted by Crippen LogP contribution is -2.19. The predicted molar refractivity (Wildman–Crippen MR) is 117 cm³/mol. The van der Waals surface area contributed by atoms with Crippen molar-refractivity contribution in [1.82, 2.24) is 9.78 Å². The number of amides is 1. The molecule has 0 atom stereocenters. The number of aromatic nitrogens is 2. The summed E-state index contributed by atoms with van der Waals surface area (Å²) < 4.78 is 41.4. The molecule has 0 aliphatic rings. The first-order valence-corrected chi connectivity index (χ1v) is 10.8. The van der Waals surface area contributed by atoms with Gasteiger partial charge in [-0.25, -0.2) is 4.68 Å². The molecular formula is C21H28F3N5OS. The summed E-state index contributed by atoms with van der Waals surface area (Å²) in [6.45, 7) is 12.1. The van der Waals surface area contributed by atoms with Crippen LogP contribution in [0.2, 0.25) is 0 Å². The van der Waals surface area contributed by atoms with Crippen molar-refractivity contribution in [3.63, 3.8) is 0 Å². The van der Waals surface area contributed by atoms with Gasteiger partial charge >= 0.3 is 6.18 Å². The molecule has 0 spiro atoms. The summed E-state index contributed by atoms with van der Waals surface area (Å²) in [5, 5.41) is 9.38. The average molecular weight is 456 g/mol. The second-order valence-electron chi connectivity index (χ2n) is 8.36. The van der Waals surface area contributed by atoms with Crippen molar-refractivity contribution in [3.8, 4) is 0 Å². The predicted octanol–water partition coefficient (Wildman–Crippen LogP) is 5.61. The van der Waals surface area contributed by atoms with Gasteiger partial charge in [0.05, 0.1) is 16.8 Å². The third kappa shape index (κ3) is 6.75. The van der Waals surface area contributed by atoms with Crippen molar-refractivity contribution in [2.45, 2.75) is 72.5 Å².